The van der Waals surface area contributed by atoms with Crippen molar-refractivity contribution in [2.75, 3.05) is 31.1 Å². The fraction of sp³-hybridized carbons (Fsp3) is 0.941. The molecule has 140 valence electrons. The molecule has 7 heteroatoms. The normalized spacial score (nSPS) is 30.3. The first kappa shape index (κ1) is 20.3. The molecule has 0 spiro atoms. The van der Waals surface area contributed by atoms with Gasteiger partial charge in [-0.1, -0.05) is 13.8 Å². The first-order valence-electron chi connectivity index (χ1n) is 9.19. The van der Waals surface area contributed by atoms with E-state index in [1.54, 1.807) is 0 Å². The van der Waals surface area contributed by atoms with E-state index in [-0.39, 0.29) is 29.9 Å². The Balaban J connectivity index is 0.00000208. The Kier molecular flexibility index (Phi) is 7.22. The maximum atomic E-state index is 11.6. The van der Waals surface area contributed by atoms with Gasteiger partial charge in [0, 0.05) is 25.7 Å². The second kappa shape index (κ2) is 8.56. The lowest BCUT2D eigenvalue weighted by molar-refractivity contribution is 0.206. The second-order valence-electron chi connectivity index (χ2n) is 7.94. The lowest BCUT2D eigenvalue weighted by Crippen LogP contribution is -2.48. The summed E-state index contributed by atoms with van der Waals surface area (Å²) in [7, 11) is -2.80. The molecule has 2 unspecified atom stereocenters. The van der Waals surface area contributed by atoms with Crippen LogP contribution in [0.15, 0.2) is 4.99 Å². The van der Waals surface area contributed by atoms with Crippen LogP contribution in [0.5, 0.6) is 0 Å². The first-order chi connectivity index (χ1) is 10.9. The van der Waals surface area contributed by atoms with Crippen LogP contribution in [0.1, 0.15) is 46.0 Å². The Morgan fingerprint density at radius 3 is 2.58 bits per heavy atom. The van der Waals surface area contributed by atoms with E-state index in [1.165, 1.54) is 25.7 Å². The SMILES string of the molecule is CC(C)C1CCCN(C(=NCC2CCS(=O)(=O)C2)NC2CC2)C1.I. The van der Waals surface area contributed by atoms with Crippen LogP contribution in [-0.4, -0.2) is 56.5 Å². The quantitative estimate of drug-likeness (QED) is 0.391. The van der Waals surface area contributed by atoms with Crippen molar-refractivity contribution in [3.05, 3.63) is 0 Å². The van der Waals surface area contributed by atoms with Crippen LogP contribution < -0.4 is 5.32 Å². The zero-order valence-corrected chi connectivity index (χ0v) is 18.1. The molecule has 2 aliphatic heterocycles. The standard InChI is InChI=1S/C17H31N3O2S.HI/c1-13(2)15-4-3-8-20(11-15)17(19-16-5-6-16)18-10-14-7-9-23(21,22)12-14;/h13-16H,3-12H2,1-2H3,(H,18,19);1H. The second-order valence-corrected chi connectivity index (χ2v) is 10.2. The highest BCUT2D eigenvalue weighted by atomic mass is 127. The molecule has 2 heterocycles. The van der Waals surface area contributed by atoms with Gasteiger partial charge < -0.3 is 10.2 Å². The van der Waals surface area contributed by atoms with E-state index in [9.17, 15) is 8.42 Å². The van der Waals surface area contributed by atoms with Crippen LogP contribution in [-0.2, 0) is 9.84 Å². The molecule has 0 aromatic carbocycles. The molecule has 24 heavy (non-hydrogen) atoms. The predicted octanol–water partition coefficient (Wildman–Crippen LogP) is 2.52. The molecule has 0 aromatic rings. The van der Waals surface area contributed by atoms with E-state index in [2.05, 4.69) is 24.1 Å². The first-order valence-corrected chi connectivity index (χ1v) is 11.0. The maximum absolute atomic E-state index is 11.6. The summed E-state index contributed by atoms with van der Waals surface area (Å²) < 4.78 is 23.2. The molecular formula is C17H32IN3O2S. The highest BCUT2D eigenvalue weighted by Crippen LogP contribution is 2.25. The van der Waals surface area contributed by atoms with Gasteiger partial charge in [-0.2, -0.15) is 0 Å². The fourth-order valence-electron chi connectivity index (χ4n) is 3.63. The van der Waals surface area contributed by atoms with Crippen LogP contribution in [0.2, 0.25) is 0 Å². The topological polar surface area (TPSA) is 61.8 Å². The number of rotatable bonds is 4. The van der Waals surface area contributed by atoms with E-state index in [0.29, 0.717) is 30.0 Å². The van der Waals surface area contributed by atoms with Crippen molar-refractivity contribution in [1.82, 2.24) is 10.2 Å². The number of guanidine groups is 1. The molecule has 1 aliphatic carbocycles. The zero-order valence-electron chi connectivity index (χ0n) is 14.9. The molecule has 0 aromatic heterocycles. The smallest absolute Gasteiger partial charge is 0.194 e. The van der Waals surface area contributed by atoms with Gasteiger partial charge in [0.2, 0.25) is 0 Å². The van der Waals surface area contributed by atoms with Crippen LogP contribution in [0.4, 0.5) is 0 Å². The molecule has 3 rings (SSSR count). The maximum Gasteiger partial charge on any atom is 0.194 e. The minimum Gasteiger partial charge on any atom is -0.354 e. The fourth-order valence-corrected chi connectivity index (χ4v) is 5.47. The Morgan fingerprint density at radius 2 is 2.00 bits per heavy atom. The summed E-state index contributed by atoms with van der Waals surface area (Å²) in [5.41, 5.74) is 0. The zero-order chi connectivity index (χ0) is 16.4. The van der Waals surface area contributed by atoms with Crippen LogP contribution >= 0.6 is 24.0 Å². The van der Waals surface area contributed by atoms with E-state index in [0.717, 1.165) is 31.4 Å². The minimum atomic E-state index is -2.80. The minimum absolute atomic E-state index is 0. The monoisotopic (exact) mass is 469 g/mol. The molecule has 2 saturated heterocycles. The summed E-state index contributed by atoms with van der Waals surface area (Å²) in [4.78, 5) is 7.25. The Bertz CT molecular complexity index is 546. The van der Waals surface area contributed by atoms with Gasteiger partial charge in [-0.05, 0) is 49.9 Å². The summed E-state index contributed by atoms with van der Waals surface area (Å²) >= 11 is 0. The largest absolute Gasteiger partial charge is 0.354 e. The van der Waals surface area contributed by atoms with Gasteiger partial charge >= 0.3 is 0 Å². The Hall–Kier alpha value is -0.0500. The molecule has 1 saturated carbocycles. The van der Waals surface area contributed by atoms with Gasteiger partial charge in [0.15, 0.2) is 15.8 Å². The number of halogens is 1. The van der Waals surface area contributed by atoms with E-state index in [1.807, 2.05) is 0 Å². The summed E-state index contributed by atoms with van der Waals surface area (Å²) in [6, 6.07) is 0.584. The van der Waals surface area contributed by atoms with Crippen molar-refractivity contribution in [3.63, 3.8) is 0 Å². The van der Waals surface area contributed by atoms with Gasteiger partial charge in [-0.15, -0.1) is 24.0 Å². The van der Waals surface area contributed by atoms with Gasteiger partial charge in [0.05, 0.1) is 11.5 Å². The van der Waals surface area contributed by atoms with Crippen molar-refractivity contribution in [1.29, 1.82) is 0 Å². The van der Waals surface area contributed by atoms with Crippen molar-refractivity contribution in [2.45, 2.75) is 52.0 Å². The molecule has 0 bridgehead atoms. The van der Waals surface area contributed by atoms with Gasteiger partial charge in [-0.25, -0.2) is 8.42 Å². The number of nitrogens with one attached hydrogen (secondary N) is 1. The van der Waals surface area contributed by atoms with E-state index < -0.39 is 9.84 Å². The van der Waals surface area contributed by atoms with Gasteiger partial charge in [0.1, 0.15) is 0 Å². The molecule has 1 N–H and O–H groups in total. The number of sulfone groups is 1. The molecule has 3 fully saturated rings. The van der Waals surface area contributed by atoms with E-state index >= 15 is 0 Å². The average molecular weight is 469 g/mol. The van der Waals surface area contributed by atoms with Crippen molar-refractivity contribution >= 4 is 39.8 Å². The summed E-state index contributed by atoms with van der Waals surface area (Å²) in [5.74, 6) is 3.35. The number of hydrogen-bond acceptors (Lipinski definition) is 3. The third-order valence-corrected chi connectivity index (χ3v) is 7.27. The highest BCUT2D eigenvalue weighted by molar-refractivity contribution is 14.0. The predicted molar refractivity (Wildman–Crippen MR) is 110 cm³/mol. The Labute approximate surface area is 164 Å². The number of hydrogen-bond donors (Lipinski definition) is 1. The van der Waals surface area contributed by atoms with Gasteiger partial charge in [0.25, 0.3) is 0 Å². The van der Waals surface area contributed by atoms with Crippen LogP contribution in [0.3, 0.4) is 0 Å². The molecule has 2 atom stereocenters. The summed E-state index contributed by atoms with van der Waals surface area (Å²) in [6.45, 7) is 7.42. The third-order valence-electron chi connectivity index (χ3n) is 5.44. The average Bonchev–Trinajstić information content (AvgIpc) is 3.26. The van der Waals surface area contributed by atoms with Gasteiger partial charge in [-0.3, -0.25) is 4.99 Å². The van der Waals surface area contributed by atoms with Crippen molar-refractivity contribution in [3.8, 4) is 0 Å². The van der Waals surface area contributed by atoms with Crippen LogP contribution in [0.25, 0.3) is 0 Å². The molecule has 3 aliphatic rings. The lowest BCUT2D eigenvalue weighted by Gasteiger charge is -2.37. The van der Waals surface area contributed by atoms with Crippen molar-refractivity contribution in [2.24, 2.45) is 22.7 Å². The molecule has 5 nitrogen and oxygen atoms in total. The number of nitrogens with zero attached hydrogens (tertiary/aromatic N) is 2. The number of aliphatic imine (C=N–C) groups is 1. The van der Waals surface area contributed by atoms with Crippen LogP contribution in [0, 0.1) is 17.8 Å². The third kappa shape index (κ3) is 5.75. The number of piperidine rings is 1. The number of likely N-dealkylation sites (tertiary alicyclic amines) is 1. The molecular weight excluding hydrogens is 437 g/mol. The molecule has 0 radical (unpaired) electrons. The molecule has 0 amide bonds. The summed E-state index contributed by atoms with van der Waals surface area (Å²) in [6.07, 6.45) is 5.78. The van der Waals surface area contributed by atoms with Crippen molar-refractivity contribution < 1.29 is 8.42 Å². The Morgan fingerprint density at radius 1 is 1.25 bits per heavy atom. The van der Waals surface area contributed by atoms with E-state index in [4.69, 9.17) is 4.99 Å². The highest BCUT2D eigenvalue weighted by Gasteiger charge is 2.30. The summed E-state index contributed by atoms with van der Waals surface area (Å²) in [5, 5.41) is 3.59. The lowest BCUT2D eigenvalue weighted by atomic mass is 9.88.